The lowest BCUT2D eigenvalue weighted by molar-refractivity contribution is -0.123. The molecule has 0 bridgehead atoms. The van der Waals surface area contributed by atoms with E-state index in [0.29, 0.717) is 20.7 Å². The fourth-order valence-electron chi connectivity index (χ4n) is 2.53. The summed E-state index contributed by atoms with van der Waals surface area (Å²) < 4.78 is 0. The first-order chi connectivity index (χ1) is 12.3. The van der Waals surface area contributed by atoms with E-state index < -0.39 is 0 Å². The van der Waals surface area contributed by atoms with Crippen molar-refractivity contribution >= 4 is 46.2 Å². The van der Waals surface area contributed by atoms with Crippen LogP contribution in [0, 0.1) is 6.92 Å². The van der Waals surface area contributed by atoms with E-state index in [1.807, 2.05) is 45.0 Å². The number of aliphatic imine (C=N–C) groups is 1. The second kappa shape index (κ2) is 7.56. The Morgan fingerprint density at radius 2 is 1.88 bits per heavy atom. The van der Waals surface area contributed by atoms with Gasteiger partial charge in [-0.05, 0) is 68.9 Å². The molecule has 1 aliphatic heterocycles. The Bertz CT molecular complexity index is 905. The molecule has 0 spiro atoms. The first-order valence-corrected chi connectivity index (χ1v) is 9.41. The summed E-state index contributed by atoms with van der Waals surface area (Å²) in [7, 11) is 0. The van der Waals surface area contributed by atoms with Gasteiger partial charge in [-0.2, -0.15) is 0 Å². The smallest absolute Gasteiger partial charge is 0.266 e. The van der Waals surface area contributed by atoms with Gasteiger partial charge in [0.05, 0.1) is 10.6 Å². The summed E-state index contributed by atoms with van der Waals surface area (Å²) in [6, 6.07) is 12.5. The van der Waals surface area contributed by atoms with E-state index >= 15 is 0 Å². The van der Waals surface area contributed by atoms with Crippen molar-refractivity contribution in [2.45, 2.75) is 26.8 Å². The molecule has 0 radical (unpaired) electrons. The van der Waals surface area contributed by atoms with E-state index in [0.717, 1.165) is 11.3 Å². The van der Waals surface area contributed by atoms with Gasteiger partial charge < -0.3 is 5.11 Å². The molecular formula is C20H19ClN2O2S. The third-order valence-corrected chi connectivity index (χ3v) is 5.11. The van der Waals surface area contributed by atoms with Gasteiger partial charge >= 0.3 is 0 Å². The molecule has 4 nitrogen and oxygen atoms in total. The number of phenols is 1. The molecule has 1 aliphatic rings. The molecule has 2 aromatic carbocycles. The molecular weight excluding hydrogens is 368 g/mol. The van der Waals surface area contributed by atoms with E-state index in [-0.39, 0.29) is 17.7 Å². The van der Waals surface area contributed by atoms with Crippen LogP contribution < -0.4 is 0 Å². The van der Waals surface area contributed by atoms with Gasteiger partial charge in [0.1, 0.15) is 5.75 Å². The molecule has 1 fully saturated rings. The minimum absolute atomic E-state index is 0.0296. The van der Waals surface area contributed by atoms with Crippen molar-refractivity contribution in [2.75, 3.05) is 0 Å². The van der Waals surface area contributed by atoms with E-state index in [1.165, 1.54) is 17.8 Å². The maximum atomic E-state index is 12.8. The fraction of sp³-hybridized carbons (Fsp3) is 0.200. The van der Waals surface area contributed by atoms with Gasteiger partial charge in [-0.15, -0.1) is 0 Å². The number of amidine groups is 1. The number of aromatic hydroxyl groups is 1. The number of carbonyl (C=O) groups excluding carboxylic acids is 1. The van der Waals surface area contributed by atoms with Crippen LogP contribution in [-0.4, -0.2) is 27.1 Å². The number of amides is 1. The normalized spacial score (nSPS) is 17.7. The zero-order chi connectivity index (χ0) is 18.8. The molecule has 0 aromatic heterocycles. The van der Waals surface area contributed by atoms with E-state index in [4.69, 9.17) is 11.6 Å². The number of thioether (sulfide) groups is 1. The minimum atomic E-state index is -0.129. The van der Waals surface area contributed by atoms with Crippen molar-refractivity contribution in [3.05, 3.63) is 63.5 Å². The Morgan fingerprint density at radius 3 is 2.54 bits per heavy atom. The van der Waals surface area contributed by atoms with Gasteiger partial charge in [0.15, 0.2) is 5.17 Å². The molecule has 1 saturated heterocycles. The van der Waals surface area contributed by atoms with Crippen LogP contribution >= 0.6 is 23.4 Å². The van der Waals surface area contributed by atoms with Gasteiger partial charge in [-0.3, -0.25) is 9.69 Å². The van der Waals surface area contributed by atoms with Crippen LogP contribution in [-0.2, 0) is 4.79 Å². The maximum Gasteiger partial charge on any atom is 0.266 e. The third kappa shape index (κ3) is 3.94. The number of carbonyl (C=O) groups is 1. The Balaban J connectivity index is 2.00. The van der Waals surface area contributed by atoms with Crippen molar-refractivity contribution in [1.82, 2.24) is 4.90 Å². The second-order valence-electron chi connectivity index (χ2n) is 6.31. The topological polar surface area (TPSA) is 52.9 Å². The largest absolute Gasteiger partial charge is 0.507 e. The standard InChI is InChI=1S/C20H19ClN2O2S/c1-12(2)23-19(25)18(11-14-10-15(21)6-9-17(14)24)26-20(23)22-16-7-4-13(3)5-8-16/h4-12,24H,1-3H3/b18-11+,22-20?. The molecule has 0 saturated carbocycles. The molecule has 134 valence electrons. The first kappa shape index (κ1) is 18.5. The lowest BCUT2D eigenvalue weighted by Crippen LogP contribution is -2.35. The Morgan fingerprint density at radius 1 is 1.19 bits per heavy atom. The van der Waals surface area contributed by atoms with E-state index in [2.05, 4.69) is 4.99 Å². The first-order valence-electron chi connectivity index (χ1n) is 8.22. The molecule has 6 heteroatoms. The molecule has 1 N–H and O–H groups in total. The summed E-state index contributed by atoms with van der Waals surface area (Å²) in [5.41, 5.74) is 2.46. The predicted molar refractivity (Wildman–Crippen MR) is 109 cm³/mol. The summed E-state index contributed by atoms with van der Waals surface area (Å²) in [4.78, 5) is 19.6. The van der Waals surface area contributed by atoms with Crippen LogP contribution in [0.1, 0.15) is 25.0 Å². The number of nitrogens with zero attached hydrogens (tertiary/aromatic N) is 2. The SMILES string of the molecule is Cc1ccc(N=C2S/C(=C/c3cc(Cl)ccc3O)C(=O)N2C(C)C)cc1. The molecule has 1 heterocycles. The Labute approximate surface area is 162 Å². The summed E-state index contributed by atoms with van der Waals surface area (Å²) in [6.45, 7) is 5.91. The number of rotatable bonds is 3. The lowest BCUT2D eigenvalue weighted by Gasteiger charge is -2.19. The molecule has 2 aromatic rings. The summed E-state index contributed by atoms with van der Waals surface area (Å²) >= 11 is 7.30. The maximum absolute atomic E-state index is 12.8. The number of halogens is 1. The molecule has 3 rings (SSSR count). The minimum Gasteiger partial charge on any atom is -0.507 e. The van der Waals surface area contributed by atoms with Crippen LogP contribution in [0.25, 0.3) is 6.08 Å². The quantitative estimate of drug-likeness (QED) is 0.722. The van der Waals surface area contributed by atoms with Gasteiger partial charge in [0, 0.05) is 16.6 Å². The lowest BCUT2D eigenvalue weighted by atomic mass is 10.2. The third-order valence-electron chi connectivity index (χ3n) is 3.89. The number of aryl methyl sites for hydroxylation is 1. The van der Waals surface area contributed by atoms with Gasteiger partial charge in [-0.1, -0.05) is 29.3 Å². The predicted octanol–water partition coefficient (Wildman–Crippen LogP) is 5.37. The zero-order valence-corrected chi connectivity index (χ0v) is 16.3. The van der Waals surface area contributed by atoms with Gasteiger partial charge in [-0.25, -0.2) is 4.99 Å². The highest BCUT2D eigenvalue weighted by molar-refractivity contribution is 8.18. The summed E-state index contributed by atoms with van der Waals surface area (Å²) in [5, 5.41) is 11.1. The van der Waals surface area contributed by atoms with Gasteiger partial charge in [0.25, 0.3) is 5.91 Å². The average Bonchev–Trinajstić information content (AvgIpc) is 2.88. The van der Waals surface area contributed by atoms with Crippen molar-refractivity contribution in [1.29, 1.82) is 0 Å². The highest BCUT2D eigenvalue weighted by Crippen LogP contribution is 2.37. The molecule has 1 amide bonds. The number of benzene rings is 2. The highest BCUT2D eigenvalue weighted by Gasteiger charge is 2.35. The molecule has 0 atom stereocenters. The van der Waals surface area contributed by atoms with E-state index in [9.17, 15) is 9.90 Å². The van der Waals surface area contributed by atoms with E-state index in [1.54, 1.807) is 23.1 Å². The van der Waals surface area contributed by atoms with Gasteiger partial charge in [0.2, 0.25) is 0 Å². The van der Waals surface area contributed by atoms with Crippen LogP contribution in [0.2, 0.25) is 5.02 Å². The monoisotopic (exact) mass is 386 g/mol. The van der Waals surface area contributed by atoms with Crippen LogP contribution in [0.4, 0.5) is 5.69 Å². The summed E-state index contributed by atoms with van der Waals surface area (Å²) in [5.74, 6) is -0.0504. The highest BCUT2D eigenvalue weighted by atomic mass is 35.5. The van der Waals surface area contributed by atoms with Crippen LogP contribution in [0.5, 0.6) is 5.75 Å². The van der Waals surface area contributed by atoms with Crippen LogP contribution in [0.3, 0.4) is 0 Å². The number of phenolic OH excluding ortho intramolecular Hbond substituents is 1. The fourth-order valence-corrected chi connectivity index (χ4v) is 3.82. The number of hydrogen-bond donors (Lipinski definition) is 1. The van der Waals surface area contributed by atoms with Crippen molar-refractivity contribution < 1.29 is 9.90 Å². The molecule has 26 heavy (non-hydrogen) atoms. The van der Waals surface area contributed by atoms with Crippen molar-refractivity contribution in [3.8, 4) is 5.75 Å². The van der Waals surface area contributed by atoms with Crippen molar-refractivity contribution in [3.63, 3.8) is 0 Å². The zero-order valence-electron chi connectivity index (χ0n) is 14.7. The van der Waals surface area contributed by atoms with Crippen molar-refractivity contribution in [2.24, 2.45) is 4.99 Å². The summed E-state index contributed by atoms with van der Waals surface area (Å²) in [6.07, 6.45) is 1.65. The Kier molecular flexibility index (Phi) is 5.39. The Hall–Kier alpha value is -2.24. The molecule has 0 unspecified atom stereocenters. The average molecular weight is 387 g/mol. The van der Waals surface area contributed by atoms with Crippen LogP contribution in [0.15, 0.2) is 52.4 Å². The number of hydrogen-bond acceptors (Lipinski definition) is 4. The second-order valence-corrected chi connectivity index (χ2v) is 7.76. The molecule has 0 aliphatic carbocycles.